The predicted molar refractivity (Wildman–Crippen MR) is 345 cm³/mol. The average Bonchev–Trinajstić information content (AvgIpc) is 3.42. The van der Waals surface area contributed by atoms with E-state index in [1.54, 1.807) is 36.8 Å². The lowest BCUT2D eigenvalue weighted by Gasteiger charge is -2.41. The van der Waals surface area contributed by atoms with Crippen LogP contribution < -0.4 is 36.8 Å². The van der Waals surface area contributed by atoms with Gasteiger partial charge in [-0.2, -0.15) is 0 Å². The molecule has 0 spiro atoms. The number of hydrogen-bond donors (Lipinski definition) is 0. The molecule has 0 radical (unpaired) electrons. The van der Waals surface area contributed by atoms with Gasteiger partial charge in [0, 0.05) is 32.9 Å². The van der Waals surface area contributed by atoms with Crippen molar-refractivity contribution in [2.24, 2.45) is 0 Å². The third-order valence-corrected chi connectivity index (χ3v) is 39.8. The van der Waals surface area contributed by atoms with E-state index in [1.807, 2.05) is 11.8 Å². The summed E-state index contributed by atoms with van der Waals surface area (Å²) >= 11 is 1.96. The normalized spacial score (nSPS) is 12.9. The Hall–Kier alpha value is -1.30. The van der Waals surface area contributed by atoms with Gasteiger partial charge in [-0.1, -0.05) is 352 Å². The summed E-state index contributed by atoms with van der Waals surface area (Å²) in [5.74, 6) is 0. The van der Waals surface area contributed by atoms with Crippen molar-refractivity contribution in [3.63, 3.8) is 0 Å². The first-order valence-corrected chi connectivity index (χ1v) is 42.2. The summed E-state index contributed by atoms with van der Waals surface area (Å²) in [7, 11) is -6.70. The van der Waals surface area contributed by atoms with Gasteiger partial charge in [-0.25, -0.2) is 4.44 Å². The molecule has 0 aliphatic heterocycles. The van der Waals surface area contributed by atoms with Gasteiger partial charge < -0.3 is 0 Å². The van der Waals surface area contributed by atoms with Crippen LogP contribution in [0.2, 0.25) is 54.4 Å². The Labute approximate surface area is 457 Å². The first-order valence-electron chi connectivity index (χ1n) is 30.5. The van der Waals surface area contributed by atoms with Crippen molar-refractivity contribution in [2.75, 3.05) is 12.8 Å². The third kappa shape index (κ3) is 17.9. The van der Waals surface area contributed by atoms with Crippen molar-refractivity contribution in [3.8, 4) is 0 Å². The minimum Gasteiger partial charge on any atom is -0.245 e. The Morgan fingerprint density at radius 2 is 0.597 bits per heavy atom. The lowest BCUT2D eigenvalue weighted by molar-refractivity contribution is 0.646. The third-order valence-electron chi connectivity index (χ3n) is 16.7. The average molecular weight is 1080 g/mol. The van der Waals surface area contributed by atoms with E-state index in [9.17, 15) is 0 Å². The topological polar surface area (TPSA) is 3.24 Å². The molecule has 4 rings (SSSR count). The molecule has 0 aromatic heterocycles. The minimum atomic E-state index is -1.67. The van der Waals surface area contributed by atoms with Crippen LogP contribution in [0.1, 0.15) is 198 Å². The van der Waals surface area contributed by atoms with Crippen molar-refractivity contribution in [1.29, 1.82) is 0 Å². The second kappa shape index (κ2) is 35.2. The van der Waals surface area contributed by atoms with Gasteiger partial charge in [-0.15, -0.1) is 11.8 Å². The number of rotatable bonds is 40. The van der Waals surface area contributed by atoms with Crippen LogP contribution in [0.25, 0.3) is 0 Å². The molecular formula is C65H109NP2SSi3. The SMILES string of the molecule is CCCCN(P(c1ccc([Si](CCCC)(CCCC)CCCC)cc1)c1ccc([Si](CCCC)(CCCC)CCCC)cc1)P(c1ccc([Si](CCCC)(CCCC)CCCC)cc1)c1ccccc1SC. The molecule has 4 aromatic carbocycles. The monoisotopic (exact) mass is 1080 g/mol. The van der Waals surface area contributed by atoms with Crippen molar-refractivity contribution in [2.45, 2.75) is 257 Å². The maximum Gasteiger partial charge on any atom is 0.0867 e. The number of unbranched alkanes of at least 4 members (excludes halogenated alkanes) is 10. The molecule has 0 fully saturated rings. The zero-order valence-corrected chi connectivity index (χ0v) is 54.3. The fraction of sp³-hybridized carbons (Fsp3) is 0.631. The Morgan fingerprint density at radius 1 is 0.333 bits per heavy atom. The highest BCUT2D eigenvalue weighted by Crippen LogP contribution is 2.55. The Bertz CT molecular complexity index is 1870. The molecule has 0 saturated carbocycles. The Morgan fingerprint density at radius 3 is 0.861 bits per heavy atom. The van der Waals surface area contributed by atoms with Crippen molar-refractivity contribution < 1.29 is 0 Å². The molecule has 0 amide bonds. The van der Waals surface area contributed by atoms with E-state index in [1.165, 1.54) is 188 Å². The van der Waals surface area contributed by atoms with E-state index >= 15 is 0 Å². The van der Waals surface area contributed by atoms with Gasteiger partial charge in [0.15, 0.2) is 0 Å². The summed E-state index contributed by atoms with van der Waals surface area (Å²) in [6.07, 6.45) is 28.9. The van der Waals surface area contributed by atoms with Crippen LogP contribution in [-0.4, -0.2) is 41.5 Å². The van der Waals surface area contributed by atoms with Crippen LogP contribution in [0, 0.1) is 0 Å². The quantitative estimate of drug-likeness (QED) is 0.0248. The molecule has 1 nitrogen and oxygen atoms in total. The number of nitrogens with zero attached hydrogens (tertiary/aromatic N) is 1. The van der Waals surface area contributed by atoms with Gasteiger partial charge >= 0.3 is 0 Å². The van der Waals surface area contributed by atoms with Crippen LogP contribution in [0.5, 0.6) is 0 Å². The van der Waals surface area contributed by atoms with Crippen LogP contribution in [-0.2, 0) is 0 Å². The fourth-order valence-electron chi connectivity index (χ4n) is 12.1. The summed E-state index contributed by atoms with van der Waals surface area (Å²) in [6, 6.07) is 55.0. The summed E-state index contributed by atoms with van der Waals surface area (Å²) in [4.78, 5) is 1.45. The maximum absolute atomic E-state index is 3.13. The molecule has 1 unspecified atom stereocenters. The van der Waals surface area contributed by atoms with Crippen LogP contribution >= 0.6 is 27.9 Å². The van der Waals surface area contributed by atoms with E-state index in [2.05, 4.69) is 177 Å². The van der Waals surface area contributed by atoms with Gasteiger partial charge in [0.2, 0.25) is 0 Å². The molecule has 72 heavy (non-hydrogen) atoms. The lowest BCUT2D eigenvalue weighted by atomic mass is 10.3. The largest absolute Gasteiger partial charge is 0.245 e. The van der Waals surface area contributed by atoms with E-state index in [-0.39, 0.29) is 0 Å². The summed E-state index contributed by atoms with van der Waals surface area (Å²) in [5.41, 5.74) is 0. The highest BCUT2D eigenvalue weighted by Gasteiger charge is 2.38. The molecule has 0 saturated heterocycles. The zero-order valence-electron chi connectivity index (χ0n) is 48.7. The molecule has 7 heteroatoms. The first kappa shape index (κ1) is 63.2. The van der Waals surface area contributed by atoms with Crippen LogP contribution in [0.4, 0.5) is 0 Å². The van der Waals surface area contributed by atoms with Gasteiger partial charge in [0.25, 0.3) is 0 Å². The molecule has 0 aliphatic carbocycles. The first-order chi connectivity index (χ1) is 35.2. The molecular weight excluding hydrogens is 973 g/mol. The Balaban J connectivity index is 2.08. The van der Waals surface area contributed by atoms with Crippen LogP contribution in [0.15, 0.2) is 102 Å². The molecule has 402 valence electrons. The van der Waals surface area contributed by atoms with Crippen molar-refractivity contribution >= 4 is 88.9 Å². The second-order valence-corrected chi connectivity index (χ2v) is 41.5. The molecule has 0 N–H and O–H groups in total. The van der Waals surface area contributed by atoms with Gasteiger partial charge in [0.1, 0.15) is 0 Å². The minimum absolute atomic E-state index is 0.854. The van der Waals surface area contributed by atoms with Gasteiger partial charge in [0.05, 0.1) is 24.2 Å². The molecule has 0 bridgehead atoms. The van der Waals surface area contributed by atoms with E-state index in [0.29, 0.717) is 0 Å². The van der Waals surface area contributed by atoms with Crippen molar-refractivity contribution in [3.05, 3.63) is 97.1 Å². The van der Waals surface area contributed by atoms with Gasteiger partial charge in [-0.3, -0.25) is 0 Å². The fourth-order valence-corrected chi connectivity index (χ4v) is 35.9. The molecule has 4 aromatic rings. The smallest absolute Gasteiger partial charge is 0.0867 e. The highest BCUT2D eigenvalue weighted by atomic mass is 32.2. The zero-order chi connectivity index (χ0) is 52.1. The van der Waals surface area contributed by atoms with E-state index < -0.39 is 40.4 Å². The van der Waals surface area contributed by atoms with Gasteiger partial charge in [-0.05, 0) is 34.7 Å². The standard InChI is InChI=1S/C65H109NP2SSi3/c1-12-22-48-66(68(64-34-32-33-35-65(64)69-11)60-40-46-63(47-41-60)72(55-29-19-8,56-30-20-9)57-31-21-10)67(58-36-42-61(43-37-58)70(49-23-13-2,50-24-14-3)51-25-15-4)59-38-44-62(45-39-59)71(52-26-16-5,53-27-17-6)54-28-18-7/h32-47H,12-31,48-57H2,1-11H3. The highest BCUT2D eigenvalue weighted by molar-refractivity contribution is 7.99. The van der Waals surface area contributed by atoms with Crippen molar-refractivity contribution in [1.82, 2.24) is 4.44 Å². The lowest BCUT2D eigenvalue weighted by Crippen LogP contribution is -2.48. The number of hydrogen-bond acceptors (Lipinski definition) is 2. The maximum atomic E-state index is 3.13. The Kier molecular flexibility index (Phi) is 30.9. The summed E-state index contributed by atoms with van der Waals surface area (Å²) in [6.45, 7) is 25.3. The van der Waals surface area contributed by atoms with E-state index in [4.69, 9.17) is 0 Å². The molecule has 0 heterocycles. The van der Waals surface area contributed by atoms with Crippen LogP contribution in [0.3, 0.4) is 0 Å². The van der Waals surface area contributed by atoms with E-state index in [0.717, 1.165) is 6.54 Å². The predicted octanol–water partition coefficient (Wildman–Crippen LogP) is 19.1. The number of thioether (sulfide) groups is 1. The molecule has 1 atom stereocenters. The summed E-state index contributed by atoms with van der Waals surface area (Å²) in [5, 5.41) is 11.5. The molecule has 0 aliphatic rings. The summed E-state index contributed by atoms with van der Waals surface area (Å²) < 4.78 is 3.13. The number of benzene rings is 4. The second-order valence-electron chi connectivity index (χ2n) is 22.2.